The van der Waals surface area contributed by atoms with Crippen molar-refractivity contribution in [1.29, 1.82) is 0 Å². The monoisotopic (exact) mass is 326 g/mol. The van der Waals surface area contributed by atoms with Gasteiger partial charge in [-0.2, -0.15) is 0 Å². The van der Waals surface area contributed by atoms with Gasteiger partial charge in [0.05, 0.1) is 0 Å². The van der Waals surface area contributed by atoms with E-state index in [0.29, 0.717) is 17.6 Å². The molecular formula is C22H30O2. The summed E-state index contributed by atoms with van der Waals surface area (Å²) in [5, 5.41) is 0. The molecule has 3 fully saturated rings. The van der Waals surface area contributed by atoms with Crippen LogP contribution in [0.2, 0.25) is 0 Å². The van der Waals surface area contributed by atoms with Crippen molar-refractivity contribution in [3.8, 4) is 0 Å². The molecule has 0 saturated heterocycles. The summed E-state index contributed by atoms with van der Waals surface area (Å²) >= 11 is 0. The van der Waals surface area contributed by atoms with Gasteiger partial charge in [-0.25, -0.2) is 0 Å². The number of ketones is 2. The summed E-state index contributed by atoms with van der Waals surface area (Å²) in [6.45, 7) is 8.54. The van der Waals surface area contributed by atoms with E-state index in [9.17, 15) is 9.59 Å². The quantitative estimate of drug-likeness (QED) is 0.677. The van der Waals surface area contributed by atoms with Crippen LogP contribution < -0.4 is 0 Å². The molecule has 0 bridgehead atoms. The second-order valence-electron chi connectivity index (χ2n) is 9.25. The van der Waals surface area contributed by atoms with Gasteiger partial charge in [-0.05, 0) is 85.7 Å². The van der Waals surface area contributed by atoms with Gasteiger partial charge in [0.2, 0.25) is 0 Å². The van der Waals surface area contributed by atoms with Crippen molar-refractivity contribution in [2.45, 2.75) is 65.2 Å². The van der Waals surface area contributed by atoms with Crippen molar-refractivity contribution in [3.05, 3.63) is 24.3 Å². The molecule has 4 aliphatic carbocycles. The lowest BCUT2D eigenvalue weighted by molar-refractivity contribution is -0.126. The van der Waals surface area contributed by atoms with Crippen LogP contribution in [0.1, 0.15) is 65.2 Å². The molecule has 0 aliphatic heterocycles. The Morgan fingerprint density at radius 2 is 1.92 bits per heavy atom. The molecule has 0 radical (unpaired) electrons. The standard InChI is InChI=1S/C22H30O2/c1-4-20(24)19-8-7-17-16-6-5-14-13-15(23)9-11-21(14,2)18(16)10-12-22(17,19)3/h4,13,16-19H,1,5-12H2,2-3H3/t16-,17-,18-,19+,21-,22-/m0/s1. The molecule has 2 heteroatoms. The van der Waals surface area contributed by atoms with Gasteiger partial charge in [0, 0.05) is 12.3 Å². The molecule has 0 spiro atoms. The third kappa shape index (κ3) is 2.07. The molecular weight excluding hydrogens is 296 g/mol. The summed E-state index contributed by atoms with van der Waals surface area (Å²) in [5.41, 5.74) is 1.84. The number of hydrogen-bond acceptors (Lipinski definition) is 2. The van der Waals surface area contributed by atoms with E-state index in [4.69, 9.17) is 0 Å². The number of fused-ring (bicyclic) bond motifs is 5. The molecule has 0 N–H and O–H groups in total. The molecule has 4 rings (SSSR count). The summed E-state index contributed by atoms with van der Waals surface area (Å²) in [6, 6.07) is 0. The summed E-state index contributed by atoms with van der Waals surface area (Å²) in [6.07, 6.45) is 12.3. The van der Waals surface area contributed by atoms with Gasteiger partial charge < -0.3 is 0 Å². The van der Waals surface area contributed by atoms with Crippen LogP contribution in [0.3, 0.4) is 0 Å². The predicted molar refractivity (Wildman–Crippen MR) is 95.4 cm³/mol. The lowest BCUT2D eigenvalue weighted by atomic mass is 9.46. The van der Waals surface area contributed by atoms with Crippen molar-refractivity contribution in [2.24, 2.45) is 34.5 Å². The summed E-state index contributed by atoms with van der Waals surface area (Å²) in [5.74, 6) is 2.92. The molecule has 0 aromatic heterocycles. The van der Waals surface area contributed by atoms with E-state index in [-0.39, 0.29) is 22.5 Å². The molecule has 0 unspecified atom stereocenters. The van der Waals surface area contributed by atoms with E-state index in [0.717, 1.165) is 31.6 Å². The van der Waals surface area contributed by atoms with Crippen LogP contribution in [-0.4, -0.2) is 11.6 Å². The minimum atomic E-state index is 0.175. The van der Waals surface area contributed by atoms with Crippen molar-refractivity contribution in [1.82, 2.24) is 0 Å². The van der Waals surface area contributed by atoms with Crippen LogP contribution in [0.4, 0.5) is 0 Å². The first-order chi connectivity index (χ1) is 11.4. The van der Waals surface area contributed by atoms with Gasteiger partial charge >= 0.3 is 0 Å². The molecule has 3 saturated carbocycles. The van der Waals surface area contributed by atoms with E-state index in [2.05, 4.69) is 20.4 Å². The maximum atomic E-state index is 12.4. The van der Waals surface area contributed by atoms with Gasteiger partial charge in [0.25, 0.3) is 0 Å². The molecule has 0 aromatic carbocycles. The molecule has 0 amide bonds. The smallest absolute Gasteiger partial charge is 0.158 e. The topological polar surface area (TPSA) is 34.1 Å². The highest BCUT2D eigenvalue weighted by molar-refractivity contribution is 5.92. The lowest BCUT2D eigenvalue weighted by Gasteiger charge is -2.58. The van der Waals surface area contributed by atoms with Gasteiger partial charge in [0.1, 0.15) is 0 Å². The fourth-order valence-electron chi connectivity index (χ4n) is 7.17. The molecule has 0 aromatic rings. The number of hydrogen-bond donors (Lipinski definition) is 0. The minimum absolute atomic E-state index is 0.175. The second kappa shape index (κ2) is 5.41. The van der Waals surface area contributed by atoms with Crippen LogP contribution in [0, 0.1) is 34.5 Å². The number of rotatable bonds is 2. The van der Waals surface area contributed by atoms with Gasteiger partial charge in [-0.15, -0.1) is 0 Å². The molecule has 2 nitrogen and oxygen atoms in total. The van der Waals surface area contributed by atoms with Crippen molar-refractivity contribution in [3.63, 3.8) is 0 Å². The molecule has 0 heterocycles. The zero-order valence-corrected chi connectivity index (χ0v) is 15.1. The van der Waals surface area contributed by atoms with Crippen LogP contribution in [-0.2, 0) is 9.59 Å². The van der Waals surface area contributed by atoms with Crippen LogP contribution in [0.25, 0.3) is 0 Å². The van der Waals surface area contributed by atoms with Crippen molar-refractivity contribution < 1.29 is 9.59 Å². The average molecular weight is 326 g/mol. The Bertz CT molecular complexity index is 630. The zero-order valence-electron chi connectivity index (χ0n) is 15.1. The highest BCUT2D eigenvalue weighted by atomic mass is 16.1. The second-order valence-corrected chi connectivity index (χ2v) is 9.25. The van der Waals surface area contributed by atoms with Crippen molar-refractivity contribution in [2.75, 3.05) is 0 Å². The maximum absolute atomic E-state index is 12.4. The largest absolute Gasteiger partial charge is 0.295 e. The lowest BCUT2D eigenvalue weighted by Crippen LogP contribution is -2.51. The fourth-order valence-corrected chi connectivity index (χ4v) is 7.17. The first-order valence-electron chi connectivity index (χ1n) is 9.80. The Labute approximate surface area is 145 Å². The van der Waals surface area contributed by atoms with Gasteiger partial charge in [-0.3, -0.25) is 9.59 Å². The normalized spacial score (nSPS) is 47.2. The highest BCUT2D eigenvalue weighted by Gasteiger charge is 2.59. The van der Waals surface area contributed by atoms with Gasteiger partial charge in [0.15, 0.2) is 11.6 Å². The fraction of sp³-hybridized carbons (Fsp3) is 0.727. The van der Waals surface area contributed by atoms with E-state index in [1.807, 2.05) is 6.08 Å². The Balaban J connectivity index is 1.66. The zero-order chi connectivity index (χ0) is 17.1. The van der Waals surface area contributed by atoms with E-state index < -0.39 is 0 Å². The third-order valence-corrected chi connectivity index (χ3v) is 8.51. The van der Waals surface area contributed by atoms with E-state index in [1.165, 1.54) is 31.3 Å². The first-order valence-corrected chi connectivity index (χ1v) is 9.80. The first kappa shape index (κ1) is 16.3. The summed E-state index contributed by atoms with van der Waals surface area (Å²) < 4.78 is 0. The Hall–Kier alpha value is -1.18. The Morgan fingerprint density at radius 3 is 2.67 bits per heavy atom. The number of carbonyl (C=O) groups is 2. The SMILES string of the molecule is C=CC(=O)[C@H]1CC[C@H]2[C@@H]3CCC4=CC(=O)CC[C@]4(C)[C@H]3CC[C@]12C. The van der Waals surface area contributed by atoms with Crippen LogP contribution in [0.15, 0.2) is 24.3 Å². The molecule has 4 aliphatic rings. The van der Waals surface area contributed by atoms with E-state index in [1.54, 1.807) is 6.08 Å². The van der Waals surface area contributed by atoms with Crippen LogP contribution in [0.5, 0.6) is 0 Å². The van der Waals surface area contributed by atoms with Gasteiger partial charge in [-0.1, -0.05) is 26.0 Å². The summed E-state index contributed by atoms with van der Waals surface area (Å²) in [7, 11) is 0. The van der Waals surface area contributed by atoms with Crippen molar-refractivity contribution >= 4 is 11.6 Å². The number of carbonyl (C=O) groups excluding carboxylic acids is 2. The average Bonchev–Trinajstić information content (AvgIpc) is 2.92. The molecule has 6 atom stereocenters. The summed E-state index contributed by atoms with van der Waals surface area (Å²) in [4.78, 5) is 24.3. The Kier molecular flexibility index (Phi) is 3.67. The third-order valence-electron chi connectivity index (χ3n) is 8.51. The Morgan fingerprint density at radius 1 is 1.12 bits per heavy atom. The molecule has 130 valence electrons. The highest BCUT2D eigenvalue weighted by Crippen LogP contribution is 2.66. The number of allylic oxidation sites excluding steroid dienone is 2. The predicted octanol–water partition coefficient (Wildman–Crippen LogP) is 4.89. The maximum Gasteiger partial charge on any atom is 0.158 e. The van der Waals surface area contributed by atoms with E-state index >= 15 is 0 Å². The van der Waals surface area contributed by atoms with Crippen LogP contribution >= 0.6 is 0 Å². The minimum Gasteiger partial charge on any atom is -0.295 e. The molecule has 24 heavy (non-hydrogen) atoms.